The van der Waals surface area contributed by atoms with E-state index in [4.69, 9.17) is 10.5 Å². The minimum Gasteiger partial charge on any atom is -0.376 e. The molecule has 1 aliphatic carbocycles. The SMILES string of the molecule is CCc1ccc(C(=O)NC2C(N)C3CCOC32)cc1. The summed E-state index contributed by atoms with van der Waals surface area (Å²) in [5, 5.41) is 3.00. The largest absolute Gasteiger partial charge is 0.376 e. The highest BCUT2D eigenvalue weighted by molar-refractivity contribution is 5.94. The Labute approximate surface area is 113 Å². The number of carbonyl (C=O) groups excluding carboxylic acids is 1. The number of aryl methyl sites for hydroxylation is 1. The molecule has 1 saturated carbocycles. The number of nitrogens with two attached hydrogens (primary N) is 1. The molecule has 19 heavy (non-hydrogen) atoms. The lowest BCUT2D eigenvalue weighted by Crippen LogP contribution is -2.68. The highest BCUT2D eigenvalue weighted by Gasteiger charge is 2.52. The molecule has 1 aromatic carbocycles. The maximum atomic E-state index is 12.2. The van der Waals surface area contributed by atoms with E-state index < -0.39 is 0 Å². The molecule has 3 rings (SSSR count). The second-order valence-corrected chi connectivity index (χ2v) is 5.42. The molecule has 3 N–H and O–H groups in total. The Kier molecular flexibility index (Phi) is 3.29. The van der Waals surface area contributed by atoms with Crippen molar-refractivity contribution in [1.82, 2.24) is 5.32 Å². The molecule has 4 unspecified atom stereocenters. The van der Waals surface area contributed by atoms with Crippen LogP contribution in [-0.2, 0) is 11.2 Å². The second kappa shape index (κ2) is 4.94. The van der Waals surface area contributed by atoms with Gasteiger partial charge in [0.15, 0.2) is 0 Å². The highest BCUT2D eigenvalue weighted by Crippen LogP contribution is 2.37. The fourth-order valence-corrected chi connectivity index (χ4v) is 3.05. The van der Waals surface area contributed by atoms with Gasteiger partial charge >= 0.3 is 0 Å². The van der Waals surface area contributed by atoms with Gasteiger partial charge in [0, 0.05) is 24.1 Å². The van der Waals surface area contributed by atoms with Crippen molar-refractivity contribution in [2.75, 3.05) is 6.61 Å². The summed E-state index contributed by atoms with van der Waals surface area (Å²) in [6.07, 6.45) is 2.12. The number of nitrogens with one attached hydrogen (secondary N) is 1. The van der Waals surface area contributed by atoms with E-state index in [-0.39, 0.29) is 24.1 Å². The number of carbonyl (C=O) groups is 1. The molecule has 1 aliphatic heterocycles. The van der Waals surface area contributed by atoms with E-state index in [1.54, 1.807) is 0 Å². The van der Waals surface area contributed by atoms with Crippen molar-refractivity contribution in [1.29, 1.82) is 0 Å². The summed E-state index contributed by atoms with van der Waals surface area (Å²) in [5.41, 5.74) is 8.00. The second-order valence-electron chi connectivity index (χ2n) is 5.42. The van der Waals surface area contributed by atoms with E-state index >= 15 is 0 Å². The lowest BCUT2D eigenvalue weighted by molar-refractivity contribution is -0.0161. The van der Waals surface area contributed by atoms with Gasteiger partial charge in [-0.3, -0.25) is 4.79 Å². The van der Waals surface area contributed by atoms with Crippen molar-refractivity contribution in [3.8, 4) is 0 Å². The summed E-state index contributed by atoms with van der Waals surface area (Å²) in [7, 11) is 0. The van der Waals surface area contributed by atoms with Gasteiger partial charge in [-0.25, -0.2) is 0 Å². The molecule has 4 heteroatoms. The maximum absolute atomic E-state index is 12.2. The molecule has 102 valence electrons. The Bertz CT molecular complexity index is 472. The molecule has 2 fully saturated rings. The third-order valence-corrected chi connectivity index (χ3v) is 4.37. The Balaban J connectivity index is 1.64. The number of rotatable bonds is 3. The molecule has 0 aromatic heterocycles. The van der Waals surface area contributed by atoms with Gasteiger partial charge in [0.25, 0.3) is 5.91 Å². The zero-order valence-corrected chi connectivity index (χ0v) is 11.1. The summed E-state index contributed by atoms with van der Waals surface area (Å²) in [6.45, 7) is 2.86. The molecule has 0 spiro atoms. The van der Waals surface area contributed by atoms with Crippen LogP contribution >= 0.6 is 0 Å². The monoisotopic (exact) mass is 260 g/mol. The van der Waals surface area contributed by atoms with Crippen LogP contribution in [0.5, 0.6) is 0 Å². The van der Waals surface area contributed by atoms with E-state index in [0.717, 1.165) is 19.4 Å². The fraction of sp³-hybridized carbons (Fsp3) is 0.533. The molecule has 1 saturated heterocycles. The van der Waals surface area contributed by atoms with E-state index in [9.17, 15) is 4.79 Å². The summed E-state index contributed by atoms with van der Waals surface area (Å²) in [6, 6.07) is 7.71. The molecule has 2 aliphatic rings. The standard InChI is InChI=1S/C15H20N2O2/c1-2-9-3-5-10(6-4-9)15(18)17-13-12(16)11-7-8-19-14(11)13/h3-6,11-14H,2,7-8,16H2,1H3,(H,17,18). The third-order valence-electron chi connectivity index (χ3n) is 4.37. The van der Waals surface area contributed by atoms with Crippen molar-refractivity contribution >= 4 is 5.91 Å². The zero-order chi connectivity index (χ0) is 13.4. The highest BCUT2D eigenvalue weighted by atomic mass is 16.5. The summed E-state index contributed by atoms with van der Waals surface area (Å²) >= 11 is 0. The number of benzene rings is 1. The van der Waals surface area contributed by atoms with Crippen LogP contribution < -0.4 is 11.1 Å². The Morgan fingerprint density at radius 3 is 2.84 bits per heavy atom. The predicted molar refractivity (Wildman–Crippen MR) is 72.9 cm³/mol. The zero-order valence-electron chi connectivity index (χ0n) is 11.1. The van der Waals surface area contributed by atoms with E-state index in [2.05, 4.69) is 12.2 Å². The number of fused-ring (bicyclic) bond motifs is 1. The van der Waals surface area contributed by atoms with Crippen molar-refractivity contribution in [2.24, 2.45) is 11.7 Å². The lowest BCUT2D eigenvalue weighted by Gasteiger charge is -2.45. The number of hydrogen-bond acceptors (Lipinski definition) is 3. The van der Waals surface area contributed by atoms with Gasteiger partial charge < -0.3 is 15.8 Å². The van der Waals surface area contributed by atoms with Gasteiger partial charge in [0.1, 0.15) is 0 Å². The average Bonchev–Trinajstić information content (AvgIpc) is 2.89. The van der Waals surface area contributed by atoms with Gasteiger partial charge in [-0.1, -0.05) is 19.1 Å². The van der Waals surface area contributed by atoms with Crippen molar-refractivity contribution < 1.29 is 9.53 Å². The van der Waals surface area contributed by atoms with Gasteiger partial charge in [-0.2, -0.15) is 0 Å². The summed E-state index contributed by atoms with van der Waals surface area (Å²) in [4.78, 5) is 12.2. The Morgan fingerprint density at radius 2 is 2.16 bits per heavy atom. The van der Waals surface area contributed by atoms with Crippen molar-refractivity contribution in [3.63, 3.8) is 0 Å². The van der Waals surface area contributed by atoms with Crippen LogP contribution in [0.1, 0.15) is 29.3 Å². The molecule has 1 heterocycles. The first kappa shape index (κ1) is 12.6. The predicted octanol–water partition coefficient (Wildman–Crippen LogP) is 1.09. The molecule has 1 amide bonds. The molecular formula is C15H20N2O2. The summed E-state index contributed by atoms with van der Waals surface area (Å²) < 4.78 is 5.61. The maximum Gasteiger partial charge on any atom is 0.251 e. The van der Waals surface area contributed by atoms with Crippen molar-refractivity contribution in [2.45, 2.75) is 38.0 Å². The molecule has 4 nitrogen and oxygen atoms in total. The minimum atomic E-state index is -0.0583. The van der Waals surface area contributed by atoms with Crippen molar-refractivity contribution in [3.05, 3.63) is 35.4 Å². The number of hydrogen-bond donors (Lipinski definition) is 2. The molecule has 4 atom stereocenters. The van der Waals surface area contributed by atoms with Gasteiger partial charge in [0.2, 0.25) is 0 Å². The van der Waals surface area contributed by atoms with Crippen LogP contribution in [0.15, 0.2) is 24.3 Å². The summed E-state index contributed by atoms with van der Waals surface area (Å²) in [5.74, 6) is 0.366. The van der Waals surface area contributed by atoms with Crippen LogP contribution in [0.4, 0.5) is 0 Å². The van der Waals surface area contributed by atoms with Crippen LogP contribution in [0.3, 0.4) is 0 Å². The molecule has 0 bridgehead atoms. The van der Waals surface area contributed by atoms with E-state index in [1.165, 1.54) is 5.56 Å². The first-order valence-corrected chi connectivity index (χ1v) is 6.97. The molecule has 1 aromatic rings. The Morgan fingerprint density at radius 1 is 1.42 bits per heavy atom. The van der Waals surface area contributed by atoms with Crippen LogP contribution in [0, 0.1) is 5.92 Å². The smallest absolute Gasteiger partial charge is 0.251 e. The van der Waals surface area contributed by atoms with Crippen LogP contribution in [0.25, 0.3) is 0 Å². The normalized spacial score (nSPS) is 32.5. The average molecular weight is 260 g/mol. The molecular weight excluding hydrogens is 240 g/mol. The first-order chi connectivity index (χ1) is 9.20. The topological polar surface area (TPSA) is 64.4 Å². The van der Waals surface area contributed by atoms with Gasteiger partial charge in [-0.05, 0) is 30.5 Å². The van der Waals surface area contributed by atoms with E-state index in [0.29, 0.717) is 11.5 Å². The van der Waals surface area contributed by atoms with Crippen LogP contribution in [0.2, 0.25) is 0 Å². The lowest BCUT2D eigenvalue weighted by atomic mass is 9.72. The minimum absolute atomic E-state index is 0.0337. The van der Waals surface area contributed by atoms with Gasteiger partial charge in [0.05, 0.1) is 12.1 Å². The Hall–Kier alpha value is -1.39. The van der Waals surface area contributed by atoms with Crippen LogP contribution in [-0.4, -0.2) is 30.7 Å². The number of amides is 1. The van der Waals surface area contributed by atoms with Gasteiger partial charge in [-0.15, -0.1) is 0 Å². The number of ether oxygens (including phenoxy) is 1. The molecule has 0 radical (unpaired) electrons. The first-order valence-electron chi connectivity index (χ1n) is 6.97. The van der Waals surface area contributed by atoms with E-state index in [1.807, 2.05) is 24.3 Å². The third kappa shape index (κ3) is 2.15. The fourth-order valence-electron chi connectivity index (χ4n) is 3.05. The quantitative estimate of drug-likeness (QED) is 0.855.